The van der Waals surface area contributed by atoms with Crippen LogP contribution < -0.4 is 0 Å². The first-order valence-corrected chi connectivity index (χ1v) is 4.42. The summed E-state index contributed by atoms with van der Waals surface area (Å²) in [5.41, 5.74) is 2.47. The first-order chi connectivity index (χ1) is 5.77. The predicted octanol–water partition coefficient (Wildman–Crippen LogP) is 3.55. The standard InChI is InChI=1S/C10H12ClN/c1-3-8(4-2)9-5-6-12-10(11)7-9/h3,5-7H,4H2,1-2H3. The van der Waals surface area contributed by atoms with Crippen LogP contribution in [-0.2, 0) is 0 Å². The molecule has 0 N–H and O–H groups in total. The summed E-state index contributed by atoms with van der Waals surface area (Å²) in [6, 6.07) is 3.87. The zero-order chi connectivity index (χ0) is 8.97. The molecule has 1 rings (SSSR count). The average molecular weight is 182 g/mol. The van der Waals surface area contributed by atoms with Crippen molar-refractivity contribution >= 4 is 17.2 Å². The van der Waals surface area contributed by atoms with Crippen LogP contribution in [0.5, 0.6) is 0 Å². The highest BCUT2D eigenvalue weighted by molar-refractivity contribution is 6.29. The third kappa shape index (κ3) is 2.08. The van der Waals surface area contributed by atoms with Crippen LogP contribution in [0.3, 0.4) is 0 Å². The minimum absolute atomic E-state index is 0.556. The molecule has 0 spiro atoms. The SMILES string of the molecule is CC=C(CC)c1ccnc(Cl)c1. The molecule has 0 saturated heterocycles. The Morgan fingerprint density at radius 1 is 1.67 bits per heavy atom. The molecule has 1 nitrogen and oxygen atoms in total. The highest BCUT2D eigenvalue weighted by atomic mass is 35.5. The third-order valence-corrected chi connectivity index (χ3v) is 2.03. The molecule has 0 amide bonds. The Balaban J connectivity index is 3.02. The van der Waals surface area contributed by atoms with Crippen molar-refractivity contribution < 1.29 is 0 Å². The van der Waals surface area contributed by atoms with E-state index in [1.54, 1.807) is 6.20 Å². The van der Waals surface area contributed by atoms with Crippen molar-refractivity contribution in [2.75, 3.05) is 0 Å². The van der Waals surface area contributed by atoms with Crippen molar-refractivity contribution in [2.24, 2.45) is 0 Å². The fourth-order valence-corrected chi connectivity index (χ4v) is 1.35. The molecule has 64 valence electrons. The number of hydrogen-bond acceptors (Lipinski definition) is 1. The Bertz CT molecular complexity index is 292. The average Bonchev–Trinajstić information content (AvgIpc) is 2.07. The van der Waals surface area contributed by atoms with Crippen LogP contribution >= 0.6 is 11.6 Å². The second kappa shape index (κ2) is 4.27. The van der Waals surface area contributed by atoms with Crippen molar-refractivity contribution in [3.63, 3.8) is 0 Å². The lowest BCUT2D eigenvalue weighted by molar-refractivity contribution is 1.22. The molecule has 0 saturated carbocycles. The van der Waals surface area contributed by atoms with E-state index in [0.717, 1.165) is 6.42 Å². The maximum atomic E-state index is 5.76. The van der Waals surface area contributed by atoms with Crippen molar-refractivity contribution in [1.29, 1.82) is 0 Å². The van der Waals surface area contributed by atoms with Crippen LogP contribution in [0.25, 0.3) is 5.57 Å². The number of nitrogens with zero attached hydrogens (tertiary/aromatic N) is 1. The molecule has 0 aliphatic heterocycles. The van der Waals surface area contributed by atoms with E-state index >= 15 is 0 Å². The minimum Gasteiger partial charge on any atom is -0.245 e. The van der Waals surface area contributed by atoms with Gasteiger partial charge in [-0.05, 0) is 36.6 Å². The lowest BCUT2D eigenvalue weighted by Crippen LogP contribution is -1.83. The van der Waals surface area contributed by atoms with Gasteiger partial charge < -0.3 is 0 Å². The molecule has 0 aliphatic carbocycles. The van der Waals surface area contributed by atoms with E-state index in [0.29, 0.717) is 5.15 Å². The second-order valence-corrected chi connectivity index (χ2v) is 2.92. The van der Waals surface area contributed by atoms with Crippen molar-refractivity contribution in [3.05, 3.63) is 35.1 Å². The molecular formula is C10H12ClN. The van der Waals surface area contributed by atoms with Gasteiger partial charge in [0.2, 0.25) is 0 Å². The smallest absolute Gasteiger partial charge is 0.129 e. The largest absolute Gasteiger partial charge is 0.245 e. The molecule has 0 aromatic carbocycles. The zero-order valence-corrected chi connectivity index (χ0v) is 8.10. The van der Waals surface area contributed by atoms with Gasteiger partial charge in [0.05, 0.1) is 0 Å². The summed E-state index contributed by atoms with van der Waals surface area (Å²) in [7, 11) is 0. The number of allylic oxidation sites excluding steroid dienone is 2. The first-order valence-electron chi connectivity index (χ1n) is 4.05. The molecule has 12 heavy (non-hydrogen) atoms. The van der Waals surface area contributed by atoms with Gasteiger partial charge in [0.15, 0.2) is 0 Å². The lowest BCUT2D eigenvalue weighted by atomic mass is 10.1. The summed E-state index contributed by atoms with van der Waals surface area (Å²) in [4.78, 5) is 3.93. The number of hydrogen-bond donors (Lipinski definition) is 0. The summed E-state index contributed by atoms with van der Waals surface area (Å²) in [6.07, 6.45) is 4.86. The Morgan fingerprint density at radius 2 is 2.42 bits per heavy atom. The van der Waals surface area contributed by atoms with Gasteiger partial charge in [-0.2, -0.15) is 0 Å². The summed E-state index contributed by atoms with van der Waals surface area (Å²) < 4.78 is 0. The highest BCUT2D eigenvalue weighted by Crippen LogP contribution is 2.19. The van der Waals surface area contributed by atoms with Crippen LogP contribution in [0.15, 0.2) is 24.4 Å². The van der Waals surface area contributed by atoms with Gasteiger partial charge in [-0.1, -0.05) is 24.6 Å². The molecule has 1 aromatic rings. The maximum absolute atomic E-state index is 5.76. The Morgan fingerprint density at radius 3 is 2.92 bits per heavy atom. The van der Waals surface area contributed by atoms with Gasteiger partial charge >= 0.3 is 0 Å². The number of halogens is 1. The van der Waals surface area contributed by atoms with Crippen molar-refractivity contribution in [1.82, 2.24) is 4.98 Å². The Hall–Kier alpha value is -0.820. The monoisotopic (exact) mass is 181 g/mol. The summed E-state index contributed by atoms with van der Waals surface area (Å²) in [5.74, 6) is 0. The Labute approximate surface area is 78.1 Å². The van der Waals surface area contributed by atoms with E-state index in [9.17, 15) is 0 Å². The highest BCUT2D eigenvalue weighted by Gasteiger charge is 1.98. The van der Waals surface area contributed by atoms with E-state index in [-0.39, 0.29) is 0 Å². The molecule has 1 aromatic heterocycles. The number of pyridine rings is 1. The van der Waals surface area contributed by atoms with E-state index in [2.05, 4.69) is 18.0 Å². The third-order valence-electron chi connectivity index (χ3n) is 1.83. The van der Waals surface area contributed by atoms with Gasteiger partial charge in [-0.15, -0.1) is 0 Å². The fraction of sp³-hybridized carbons (Fsp3) is 0.300. The first kappa shape index (κ1) is 9.27. The maximum Gasteiger partial charge on any atom is 0.129 e. The molecule has 0 radical (unpaired) electrons. The van der Waals surface area contributed by atoms with E-state index in [1.807, 2.05) is 19.1 Å². The molecule has 0 atom stereocenters. The minimum atomic E-state index is 0.556. The molecule has 0 unspecified atom stereocenters. The summed E-state index contributed by atoms with van der Waals surface area (Å²) >= 11 is 5.76. The van der Waals surface area contributed by atoms with Crippen molar-refractivity contribution in [2.45, 2.75) is 20.3 Å². The van der Waals surface area contributed by atoms with Crippen molar-refractivity contribution in [3.8, 4) is 0 Å². The van der Waals surface area contributed by atoms with Crippen LogP contribution in [-0.4, -0.2) is 4.98 Å². The number of rotatable bonds is 2. The molecule has 1 heterocycles. The summed E-state index contributed by atoms with van der Waals surface area (Å²) in [6.45, 7) is 4.16. The van der Waals surface area contributed by atoms with E-state index in [1.165, 1.54) is 11.1 Å². The van der Waals surface area contributed by atoms with E-state index < -0.39 is 0 Å². The zero-order valence-electron chi connectivity index (χ0n) is 7.34. The molecule has 0 bridgehead atoms. The normalized spacial score (nSPS) is 11.8. The van der Waals surface area contributed by atoms with Gasteiger partial charge in [0.1, 0.15) is 5.15 Å². The number of aromatic nitrogens is 1. The predicted molar refractivity (Wildman–Crippen MR) is 53.2 cm³/mol. The Kier molecular flexibility index (Phi) is 3.30. The van der Waals surface area contributed by atoms with Gasteiger partial charge in [0, 0.05) is 6.20 Å². The fourth-order valence-electron chi connectivity index (χ4n) is 1.18. The second-order valence-electron chi connectivity index (χ2n) is 2.53. The molecule has 2 heteroatoms. The van der Waals surface area contributed by atoms with Crippen LogP contribution in [0.1, 0.15) is 25.8 Å². The topological polar surface area (TPSA) is 12.9 Å². The van der Waals surface area contributed by atoms with Gasteiger partial charge in [-0.3, -0.25) is 0 Å². The van der Waals surface area contributed by atoms with Gasteiger partial charge in [-0.25, -0.2) is 4.98 Å². The molecular weight excluding hydrogens is 170 g/mol. The molecule has 0 aliphatic rings. The summed E-state index contributed by atoms with van der Waals surface area (Å²) in [5, 5.41) is 0.556. The van der Waals surface area contributed by atoms with Crippen LogP contribution in [0, 0.1) is 0 Å². The quantitative estimate of drug-likeness (QED) is 0.636. The van der Waals surface area contributed by atoms with Gasteiger partial charge in [0.25, 0.3) is 0 Å². The van der Waals surface area contributed by atoms with Crippen LogP contribution in [0.2, 0.25) is 5.15 Å². The van der Waals surface area contributed by atoms with E-state index in [4.69, 9.17) is 11.6 Å². The van der Waals surface area contributed by atoms with Crippen LogP contribution in [0.4, 0.5) is 0 Å². The molecule has 0 fully saturated rings. The lowest BCUT2D eigenvalue weighted by Gasteiger charge is -2.02.